The molecule has 1 fully saturated rings. The third-order valence-electron chi connectivity index (χ3n) is 5.46. The number of aromatic nitrogens is 2. The van der Waals surface area contributed by atoms with Crippen molar-refractivity contribution in [1.29, 1.82) is 0 Å². The number of aryl methyl sites for hydroxylation is 1. The molecule has 0 aliphatic carbocycles. The molecule has 3 aromatic rings. The van der Waals surface area contributed by atoms with Crippen LogP contribution in [0.4, 0.5) is 5.82 Å². The fourth-order valence-electron chi connectivity index (χ4n) is 3.79. The Labute approximate surface area is 190 Å². The van der Waals surface area contributed by atoms with Crippen molar-refractivity contribution in [3.05, 3.63) is 51.6 Å². The van der Waals surface area contributed by atoms with Gasteiger partial charge >= 0.3 is 0 Å². The molecule has 1 atom stereocenters. The van der Waals surface area contributed by atoms with Crippen LogP contribution in [0.5, 0.6) is 0 Å². The van der Waals surface area contributed by atoms with E-state index in [0.717, 1.165) is 21.3 Å². The van der Waals surface area contributed by atoms with Gasteiger partial charge in [-0.15, -0.1) is 11.3 Å². The predicted molar refractivity (Wildman–Crippen MR) is 125 cm³/mol. The molecule has 31 heavy (non-hydrogen) atoms. The largest absolute Gasteiger partial charge is 0.369 e. The highest BCUT2D eigenvalue weighted by Crippen LogP contribution is 2.33. The van der Waals surface area contributed by atoms with Gasteiger partial charge in [0.1, 0.15) is 17.0 Å². The monoisotopic (exact) mass is 478 g/mol. The Hall–Kier alpha value is -2.23. The summed E-state index contributed by atoms with van der Waals surface area (Å²) in [6, 6.07) is 7.59. The van der Waals surface area contributed by atoms with Crippen molar-refractivity contribution in [1.82, 2.24) is 15.3 Å². The molecule has 1 saturated heterocycles. The van der Waals surface area contributed by atoms with E-state index in [1.54, 1.807) is 0 Å². The van der Waals surface area contributed by atoms with Crippen molar-refractivity contribution in [2.75, 3.05) is 29.9 Å². The lowest BCUT2D eigenvalue weighted by molar-refractivity contribution is 0.0957. The Morgan fingerprint density at radius 3 is 2.84 bits per heavy atom. The zero-order valence-electron chi connectivity index (χ0n) is 17.0. The first-order valence-electron chi connectivity index (χ1n) is 10.0. The minimum atomic E-state index is -2.92. The smallest absolute Gasteiger partial charge is 0.261 e. The van der Waals surface area contributed by atoms with Gasteiger partial charge in [0, 0.05) is 18.1 Å². The van der Waals surface area contributed by atoms with Crippen molar-refractivity contribution in [2.45, 2.75) is 19.8 Å². The van der Waals surface area contributed by atoms with Crippen LogP contribution in [0.2, 0.25) is 5.02 Å². The second kappa shape index (κ2) is 9.10. The Bertz CT molecular complexity index is 1230. The number of thiophene rings is 1. The lowest BCUT2D eigenvalue weighted by atomic mass is 10.1. The predicted octanol–water partition coefficient (Wildman–Crippen LogP) is 3.47. The fraction of sp³-hybridized carbons (Fsp3) is 0.381. The molecule has 1 amide bonds. The number of sulfone groups is 1. The zero-order valence-corrected chi connectivity index (χ0v) is 19.4. The van der Waals surface area contributed by atoms with Crippen LogP contribution in [0.1, 0.15) is 27.2 Å². The molecule has 0 radical (unpaired) electrons. The van der Waals surface area contributed by atoms with E-state index in [-0.39, 0.29) is 23.3 Å². The van der Waals surface area contributed by atoms with E-state index in [1.807, 2.05) is 31.2 Å². The number of carbonyl (C=O) groups excluding carboxylic acids is 1. The Balaban J connectivity index is 1.45. The van der Waals surface area contributed by atoms with Crippen LogP contribution >= 0.6 is 22.9 Å². The number of fused-ring (bicyclic) bond motifs is 1. The lowest BCUT2D eigenvalue weighted by Gasteiger charge is -2.11. The van der Waals surface area contributed by atoms with Crippen LogP contribution in [0.3, 0.4) is 0 Å². The number of hydrogen-bond acceptors (Lipinski definition) is 7. The minimum Gasteiger partial charge on any atom is -0.369 e. The fourth-order valence-corrected chi connectivity index (χ4v) is 6.95. The summed E-state index contributed by atoms with van der Waals surface area (Å²) < 4.78 is 23.4. The molecule has 1 unspecified atom stereocenters. The van der Waals surface area contributed by atoms with E-state index in [2.05, 4.69) is 20.6 Å². The summed E-state index contributed by atoms with van der Waals surface area (Å²) in [6.45, 7) is 2.89. The molecule has 1 aliphatic heterocycles. The molecule has 3 heterocycles. The number of carbonyl (C=O) groups is 1. The van der Waals surface area contributed by atoms with Crippen LogP contribution in [0, 0.1) is 12.8 Å². The molecule has 0 bridgehead atoms. The number of benzene rings is 1. The number of nitrogens with zero attached hydrogens (tertiary/aromatic N) is 2. The van der Waals surface area contributed by atoms with Crippen LogP contribution in [0.15, 0.2) is 30.6 Å². The topological polar surface area (TPSA) is 101 Å². The van der Waals surface area contributed by atoms with Gasteiger partial charge in [0.15, 0.2) is 9.84 Å². The number of rotatable bonds is 7. The maximum atomic E-state index is 12.8. The first-order chi connectivity index (χ1) is 14.8. The molecule has 2 N–H and O–H groups in total. The lowest BCUT2D eigenvalue weighted by Crippen LogP contribution is -2.25. The summed E-state index contributed by atoms with van der Waals surface area (Å²) in [5, 5.41) is 7.74. The van der Waals surface area contributed by atoms with E-state index in [9.17, 15) is 13.2 Å². The minimum absolute atomic E-state index is 0.0709. The summed E-state index contributed by atoms with van der Waals surface area (Å²) in [4.78, 5) is 22.8. The summed E-state index contributed by atoms with van der Waals surface area (Å²) in [6.07, 6.45) is 2.77. The highest BCUT2D eigenvalue weighted by molar-refractivity contribution is 7.91. The molecule has 2 aromatic heterocycles. The van der Waals surface area contributed by atoms with Gasteiger partial charge in [-0.05, 0) is 42.9 Å². The van der Waals surface area contributed by atoms with Gasteiger partial charge in [-0.2, -0.15) is 0 Å². The standard InChI is InChI=1S/C21H23ClN4O3S2/c1-13-17-19(24-10-14-7-9-31(28,29)11-14)25-12-26-21(17)30-18(13)20(27)23-8-6-15-4-2-3-5-16(15)22/h2-5,12,14H,6-11H2,1H3,(H,23,27)(H,24,25,26). The van der Waals surface area contributed by atoms with Crippen molar-refractivity contribution in [2.24, 2.45) is 5.92 Å². The molecule has 4 rings (SSSR count). The number of hydrogen-bond donors (Lipinski definition) is 2. The molecular weight excluding hydrogens is 456 g/mol. The van der Waals surface area contributed by atoms with Crippen molar-refractivity contribution < 1.29 is 13.2 Å². The third kappa shape index (κ3) is 4.99. The van der Waals surface area contributed by atoms with Gasteiger partial charge in [0.2, 0.25) is 0 Å². The maximum absolute atomic E-state index is 12.8. The highest BCUT2D eigenvalue weighted by Gasteiger charge is 2.28. The van der Waals surface area contributed by atoms with Gasteiger partial charge in [-0.3, -0.25) is 4.79 Å². The Morgan fingerprint density at radius 1 is 1.29 bits per heavy atom. The average Bonchev–Trinajstić information content (AvgIpc) is 3.27. The van der Waals surface area contributed by atoms with Gasteiger partial charge in [0.05, 0.1) is 21.8 Å². The number of anilines is 1. The van der Waals surface area contributed by atoms with E-state index in [4.69, 9.17) is 11.6 Å². The second-order valence-electron chi connectivity index (χ2n) is 7.71. The summed E-state index contributed by atoms with van der Waals surface area (Å²) in [7, 11) is -2.92. The Morgan fingerprint density at radius 2 is 2.10 bits per heavy atom. The molecule has 1 aliphatic rings. The van der Waals surface area contributed by atoms with Crippen molar-refractivity contribution >= 4 is 54.7 Å². The van der Waals surface area contributed by atoms with Crippen LogP contribution in [-0.2, 0) is 16.3 Å². The van der Waals surface area contributed by atoms with E-state index < -0.39 is 9.84 Å². The van der Waals surface area contributed by atoms with Crippen molar-refractivity contribution in [3.63, 3.8) is 0 Å². The highest BCUT2D eigenvalue weighted by atomic mass is 35.5. The Kier molecular flexibility index (Phi) is 6.45. The molecule has 0 saturated carbocycles. The van der Waals surface area contributed by atoms with Crippen LogP contribution < -0.4 is 10.6 Å². The van der Waals surface area contributed by atoms with Gasteiger partial charge in [0.25, 0.3) is 5.91 Å². The second-order valence-corrected chi connectivity index (χ2v) is 11.3. The van der Waals surface area contributed by atoms with Crippen LogP contribution in [0.25, 0.3) is 10.2 Å². The van der Waals surface area contributed by atoms with E-state index in [1.165, 1.54) is 17.7 Å². The van der Waals surface area contributed by atoms with Gasteiger partial charge in [-0.25, -0.2) is 18.4 Å². The van der Waals surface area contributed by atoms with Crippen molar-refractivity contribution in [3.8, 4) is 0 Å². The van der Waals surface area contributed by atoms with E-state index >= 15 is 0 Å². The molecule has 7 nitrogen and oxygen atoms in total. The van der Waals surface area contributed by atoms with E-state index in [0.29, 0.717) is 41.6 Å². The maximum Gasteiger partial charge on any atom is 0.261 e. The molecule has 164 valence electrons. The third-order valence-corrected chi connectivity index (χ3v) is 8.86. The summed E-state index contributed by atoms with van der Waals surface area (Å²) in [5.41, 5.74) is 1.81. The molecule has 10 heteroatoms. The van der Waals surface area contributed by atoms with Gasteiger partial charge in [-0.1, -0.05) is 29.8 Å². The van der Waals surface area contributed by atoms with Crippen LogP contribution in [-0.4, -0.2) is 48.9 Å². The normalized spacial score (nSPS) is 17.7. The summed E-state index contributed by atoms with van der Waals surface area (Å²) >= 11 is 7.51. The molecular formula is C21H23ClN4O3S2. The number of nitrogens with one attached hydrogen (secondary N) is 2. The zero-order chi connectivity index (χ0) is 22.0. The SMILES string of the molecule is Cc1c(C(=O)NCCc2ccccc2Cl)sc2ncnc(NCC3CCS(=O)(=O)C3)c12. The average molecular weight is 479 g/mol. The molecule has 0 spiro atoms. The molecule has 1 aromatic carbocycles. The number of amides is 1. The first kappa shape index (κ1) is 22.0. The number of halogens is 1. The van der Waals surface area contributed by atoms with Gasteiger partial charge < -0.3 is 10.6 Å². The first-order valence-corrected chi connectivity index (χ1v) is 13.1. The summed E-state index contributed by atoms with van der Waals surface area (Å²) in [5.74, 6) is 1.00. The quantitative estimate of drug-likeness (QED) is 0.539.